The van der Waals surface area contributed by atoms with Crippen LogP contribution in [0, 0.1) is 0 Å². The Hall–Kier alpha value is -2.67. The molecule has 1 aliphatic rings. The van der Waals surface area contributed by atoms with Crippen LogP contribution in [0.3, 0.4) is 0 Å². The molecule has 7 heteroatoms. The Kier molecular flexibility index (Phi) is 5.68. The molecule has 7 nitrogen and oxygen atoms in total. The van der Waals surface area contributed by atoms with Crippen molar-refractivity contribution < 1.29 is 14.7 Å². The van der Waals surface area contributed by atoms with Crippen molar-refractivity contribution in [3.63, 3.8) is 0 Å². The molecule has 0 aliphatic heterocycles. The number of aromatic nitrogens is 2. The number of rotatable bonds is 8. The fourth-order valence-corrected chi connectivity index (χ4v) is 3.29. The molecule has 26 heavy (non-hydrogen) atoms. The Labute approximate surface area is 152 Å². The Morgan fingerprint density at radius 3 is 2.62 bits per heavy atom. The molecule has 0 unspecified atom stereocenters. The molecule has 1 aromatic carbocycles. The zero-order valence-electron chi connectivity index (χ0n) is 14.8. The second-order valence-electron chi connectivity index (χ2n) is 6.65. The number of carbonyl (C=O) groups excluding carboxylic acids is 1. The third-order valence-corrected chi connectivity index (χ3v) is 4.83. The highest BCUT2D eigenvalue weighted by molar-refractivity contribution is 5.94. The normalized spacial score (nSPS) is 19.2. The predicted octanol–water partition coefficient (Wildman–Crippen LogP) is 1.60. The lowest BCUT2D eigenvalue weighted by atomic mass is 9.85. The molecule has 138 valence electrons. The van der Waals surface area contributed by atoms with Crippen LogP contribution in [0.5, 0.6) is 0 Å². The van der Waals surface area contributed by atoms with E-state index >= 15 is 0 Å². The zero-order valence-corrected chi connectivity index (χ0v) is 14.8. The highest BCUT2D eigenvalue weighted by Gasteiger charge is 2.34. The minimum Gasteiger partial charge on any atom is -0.480 e. The average molecular weight is 356 g/mol. The summed E-state index contributed by atoms with van der Waals surface area (Å²) >= 11 is 0. The Balaban J connectivity index is 1.47. The topological polar surface area (TPSA) is 87.5 Å². The van der Waals surface area contributed by atoms with Crippen molar-refractivity contribution in [2.75, 3.05) is 13.1 Å². The van der Waals surface area contributed by atoms with Crippen LogP contribution in [-0.4, -0.2) is 56.8 Å². The first-order valence-electron chi connectivity index (χ1n) is 8.88. The number of carboxylic acid groups (broad SMARTS) is 1. The van der Waals surface area contributed by atoms with Crippen LogP contribution < -0.4 is 5.32 Å². The summed E-state index contributed by atoms with van der Waals surface area (Å²) < 4.78 is 1.83. The van der Waals surface area contributed by atoms with Gasteiger partial charge >= 0.3 is 5.97 Å². The van der Waals surface area contributed by atoms with Gasteiger partial charge in [0.1, 0.15) is 0 Å². The first-order chi connectivity index (χ1) is 12.5. The summed E-state index contributed by atoms with van der Waals surface area (Å²) in [5.74, 6) is -0.894. The zero-order chi connectivity index (χ0) is 18.5. The van der Waals surface area contributed by atoms with E-state index in [2.05, 4.69) is 10.4 Å². The summed E-state index contributed by atoms with van der Waals surface area (Å²) in [6.07, 6.45) is 5.23. The number of nitrogens with zero attached hydrogens (tertiary/aromatic N) is 3. The van der Waals surface area contributed by atoms with Gasteiger partial charge in [0.05, 0.1) is 13.1 Å². The number of aliphatic carboxylic acids is 1. The highest BCUT2D eigenvalue weighted by atomic mass is 16.4. The van der Waals surface area contributed by atoms with E-state index in [1.165, 1.54) is 0 Å². The number of benzene rings is 1. The van der Waals surface area contributed by atoms with E-state index in [0.717, 1.165) is 18.4 Å². The first kappa shape index (κ1) is 18.1. The van der Waals surface area contributed by atoms with Gasteiger partial charge in [-0.3, -0.25) is 19.2 Å². The van der Waals surface area contributed by atoms with Crippen LogP contribution in [0.4, 0.5) is 0 Å². The molecule has 1 saturated carbocycles. The lowest BCUT2D eigenvalue weighted by Crippen LogP contribution is -2.54. The fraction of sp³-hybridized carbons (Fsp3) is 0.421. The molecule has 2 aromatic rings. The lowest BCUT2D eigenvalue weighted by Gasteiger charge is -2.42. The molecule has 3 rings (SSSR count). The molecule has 1 fully saturated rings. The van der Waals surface area contributed by atoms with E-state index in [1.54, 1.807) is 6.20 Å². The van der Waals surface area contributed by atoms with Crippen LogP contribution in [0.15, 0.2) is 42.7 Å². The molecule has 1 aliphatic carbocycles. The van der Waals surface area contributed by atoms with Gasteiger partial charge in [0, 0.05) is 30.0 Å². The third-order valence-electron chi connectivity index (χ3n) is 4.83. The van der Waals surface area contributed by atoms with Crippen LogP contribution in [0.1, 0.15) is 35.7 Å². The minimum absolute atomic E-state index is 0.0551. The summed E-state index contributed by atoms with van der Waals surface area (Å²) in [4.78, 5) is 25.2. The van der Waals surface area contributed by atoms with Crippen molar-refractivity contribution in [2.24, 2.45) is 0 Å². The van der Waals surface area contributed by atoms with Gasteiger partial charge in [-0.1, -0.05) is 19.1 Å². The number of likely N-dealkylation sites (N-methyl/N-ethyl adjacent to an activating group) is 1. The smallest absolute Gasteiger partial charge is 0.317 e. The second-order valence-corrected chi connectivity index (χ2v) is 6.65. The molecule has 0 radical (unpaired) electrons. The number of hydrogen-bond donors (Lipinski definition) is 2. The maximum Gasteiger partial charge on any atom is 0.317 e. The number of carbonyl (C=O) groups is 2. The Morgan fingerprint density at radius 2 is 2.04 bits per heavy atom. The third kappa shape index (κ3) is 4.49. The van der Waals surface area contributed by atoms with Gasteiger partial charge in [-0.15, -0.1) is 0 Å². The number of amides is 1. The maximum absolute atomic E-state index is 12.4. The minimum atomic E-state index is -0.811. The van der Waals surface area contributed by atoms with Crippen LogP contribution in [0.25, 0.3) is 0 Å². The summed E-state index contributed by atoms with van der Waals surface area (Å²) in [6.45, 7) is 3.39. The average Bonchev–Trinajstić information content (AvgIpc) is 3.09. The highest BCUT2D eigenvalue weighted by Crippen LogP contribution is 2.25. The molecule has 1 aromatic heterocycles. The SMILES string of the molecule is CCN(CC(=O)O)C1CC(NC(=O)c2ccc(Cn3cccn3)cc2)C1. The van der Waals surface area contributed by atoms with Gasteiger partial charge in [-0.25, -0.2) is 0 Å². The van der Waals surface area contributed by atoms with Crippen molar-refractivity contribution in [3.05, 3.63) is 53.9 Å². The number of hydrogen-bond acceptors (Lipinski definition) is 4. The molecule has 1 heterocycles. The lowest BCUT2D eigenvalue weighted by molar-refractivity contribution is -0.139. The van der Waals surface area contributed by atoms with Crippen molar-refractivity contribution in [3.8, 4) is 0 Å². The largest absolute Gasteiger partial charge is 0.480 e. The molecule has 0 atom stereocenters. The quantitative estimate of drug-likeness (QED) is 0.750. The van der Waals surface area contributed by atoms with E-state index in [9.17, 15) is 9.59 Å². The van der Waals surface area contributed by atoms with Crippen molar-refractivity contribution in [1.82, 2.24) is 20.0 Å². The molecule has 1 amide bonds. The van der Waals surface area contributed by atoms with Crippen molar-refractivity contribution >= 4 is 11.9 Å². The molecule has 0 spiro atoms. The van der Waals surface area contributed by atoms with Gasteiger partial charge < -0.3 is 10.4 Å². The van der Waals surface area contributed by atoms with Gasteiger partial charge in [0.25, 0.3) is 5.91 Å². The van der Waals surface area contributed by atoms with Crippen molar-refractivity contribution in [2.45, 2.75) is 38.4 Å². The molecule has 0 saturated heterocycles. The van der Waals surface area contributed by atoms with E-state index in [1.807, 2.05) is 53.0 Å². The Morgan fingerprint density at radius 1 is 1.31 bits per heavy atom. The van der Waals surface area contributed by atoms with Crippen LogP contribution >= 0.6 is 0 Å². The fourth-order valence-electron chi connectivity index (χ4n) is 3.29. The van der Waals surface area contributed by atoms with Gasteiger partial charge in [0.15, 0.2) is 0 Å². The van der Waals surface area contributed by atoms with Crippen molar-refractivity contribution in [1.29, 1.82) is 0 Å². The summed E-state index contributed by atoms with van der Waals surface area (Å²) in [6, 6.07) is 9.75. The number of nitrogens with one attached hydrogen (secondary N) is 1. The van der Waals surface area contributed by atoms with Gasteiger partial charge in [-0.2, -0.15) is 5.10 Å². The van der Waals surface area contributed by atoms with E-state index in [-0.39, 0.29) is 24.5 Å². The van der Waals surface area contributed by atoms with E-state index in [0.29, 0.717) is 18.7 Å². The van der Waals surface area contributed by atoms with Gasteiger partial charge in [0.2, 0.25) is 0 Å². The monoisotopic (exact) mass is 356 g/mol. The molecule has 0 bridgehead atoms. The summed E-state index contributed by atoms with van der Waals surface area (Å²) in [5.41, 5.74) is 1.72. The van der Waals surface area contributed by atoms with Gasteiger partial charge in [-0.05, 0) is 43.1 Å². The van der Waals surface area contributed by atoms with Crippen LogP contribution in [0.2, 0.25) is 0 Å². The molecular formula is C19H24N4O3. The summed E-state index contributed by atoms with van der Waals surface area (Å²) in [5, 5.41) is 16.1. The van der Waals surface area contributed by atoms with E-state index < -0.39 is 5.97 Å². The van der Waals surface area contributed by atoms with Crippen LogP contribution in [-0.2, 0) is 11.3 Å². The second kappa shape index (κ2) is 8.14. The number of carboxylic acids is 1. The first-order valence-corrected chi connectivity index (χ1v) is 8.88. The Bertz CT molecular complexity index is 737. The molecular weight excluding hydrogens is 332 g/mol. The standard InChI is InChI=1S/C19H24N4O3/c1-2-22(13-18(24)25)17-10-16(11-17)21-19(26)15-6-4-14(5-7-15)12-23-9-3-8-20-23/h3-9,16-17H,2,10-13H2,1H3,(H,21,26)(H,24,25). The van der Waals surface area contributed by atoms with E-state index in [4.69, 9.17) is 5.11 Å². The molecule has 2 N–H and O–H groups in total. The summed E-state index contributed by atoms with van der Waals surface area (Å²) in [7, 11) is 0. The maximum atomic E-state index is 12.4. The predicted molar refractivity (Wildman–Crippen MR) is 96.9 cm³/mol.